The smallest absolute Gasteiger partial charge is 0.241 e. The molecule has 110 valence electrons. The number of hydrogen-bond donors (Lipinski definition) is 1. The number of nitrogens with zero attached hydrogens (tertiary/aromatic N) is 3. The first-order chi connectivity index (χ1) is 8.95. The molecule has 1 heterocycles. The zero-order chi connectivity index (χ0) is 14.4. The Morgan fingerprint density at radius 1 is 1.53 bits per heavy atom. The summed E-state index contributed by atoms with van der Waals surface area (Å²) in [6.07, 6.45) is 0. The first-order valence-electron chi connectivity index (χ1n) is 6.73. The van der Waals surface area contributed by atoms with Crippen molar-refractivity contribution in [1.82, 2.24) is 15.1 Å². The Balaban J connectivity index is 2.53. The minimum absolute atomic E-state index is 0.0629. The molecule has 0 aromatic heterocycles. The molecule has 0 bridgehead atoms. The van der Waals surface area contributed by atoms with Gasteiger partial charge in [0.1, 0.15) is 0 Å². The molecule has 1 fully saturated rings. The standard InChI is InChI=1S/C13H26N4OS/c1-10(2)11-9-17(6-7-19-11)13(14-3)15-8-12(18)16(4)5/h10-11H,6-9H2,1-5H3,(H,14,15). The van der Waals surface area contributed by atoms with Crippen LogP contribution in [0.5, 0.6) is 0 Å². The molecule has 0 radical (unpaired) electrons. The fraction of sp³-hybridized carbons (Fsp3) is 0.846. The van der Waals surface area contributed by atoms with Gasteiger partial charge < -0.3 is 15.1 Å². The van der Waals surface area contributed by atoms with Crippen LogP contribution in [0.2, 0.25) is 0 Å². The van der Waals surface area contributed by atoms with Crippen LogP contribution in [0.1, 0.15) is 13.8 Å². The average Bonchev–Trinajstić information content (AvgIpc) is 2.39. The van der Waals surface area contributed by atoms with Gasteiger partial charge in [-0.3, -0.25) is 9.79 Å². The van der Waals surface area contributed by atoms with Crippen LogP contribution in [0.15, 0.2) is 4.99 Å². The number of guanidine groups is 1. The van der Waals surface area contributed by atoms with Gasteiger partial charge in [0.25, 0.3) is 0 Å². The Bertz CT molecular complexity index is 331. The van der Waals surface area contributed by atoms with E-state index in [9.17, 15) is 4.79 Å². The Kier molecular flexibility index (Phi) is 6.48. The minimum Gasteiger partial charge on any atom is -0.347 e. The van der Waals surface area contributed by atoms with E-state index in [-0.39, 0.29) is 5.91 Å². The zero-order valence-corrected chi connectivity index (χ0v) is 13.5. The molecule has 1 atom stereocenters. The molecule has 1 saturated heterocycles. The van der Waals surface area contributed by atoms with E-state index in [1.54, 1.807) is 26.0 Å². The molecule has 1 N–H and O–H groups in total. The van der Waals surface area contributed by atoms with Crippen molar-refractivity contribution in [3.8, 4) is 0 Å². The molecular weight excluding hydrogens is 260 g/mol. The molecule has 0 aromatic rings. The maximum atomic E-state index is 11.6. The number of rotatable bonds is 3. The zero-order valence-electron chi connectivity index (χ0n) is 12.6. The predicted octanol–water partition coefficient (Wildman–Crippen LogP) is 0.723. The molecular formula is C13H26N4OS. The topological polar surface area (TPSA) is 47.9 Å². The maximum absolute atomic E-state index is 11.6. The molecule has 0 aromatic carbocycles. The van der Waals surface area contributed by atoms with Gasteiger partial charge in [-0.15, -0.1) is 0 Å². The summed E-state index contributed by atoms with van der Waals surface area (Å²) in [5.41, 5.74) is 0. The van der Waals surface area contributed by atoms with Gasteiger partial charge in [0.15, 0.2) is 5.96 Å². The van der Waals surface area contributed by atoms with Crippen molar-refractivity contribution in [3.05, 3.63) is 0 Å². The van der Waals surface area contributed by atoms with Crippen LogP contribution < -0.4 is 5.32 Å². The van der Waals surface area contributed by atoms with Crippen molar-refractivity contribution < 1.29 is 4.79 Å². The minimum atomic E-state index is 0.0629. The number of nitrogens with one attached hydrogen (secondary N) is 1. The summed E-state index contributed by atoms with van der Waals surface area (Å²) in [5.74, 6) is 2.67. The highest BCUT2D eigenvalue weighted by molar-refractivity contribution is 8.00. The number of carbonyl (C=O) groups excluding carboxylic acids is 1. The molecule has 19 heavy (non-hydrogen) atoms. The summed E-state index contributed by atoms with van der Waals surface area (Å²) in [6.45, 7) is 6.80. The molecule has 5 nitrogen and oxygen atoms in total. The van der Waals surface area contributed by atoms with Gasteiger partial charge in [-0.05, 0) is 5.92 Å². The van der Waals surface area contributed by atoms with Gasteiger partial charge in [0.2, 0.25) is 5.91 Å². The Hall–Kier alpha value is -0.910. The second-order valence-electron chi connectivity index (χ2n) is 5.29. The quantitative estimate of drug-likeness (QED) is 0.613. The Labute approximate surface area is 120 Å². The van der Waals surface area contributed by atoms with Crippen LogP contribution in [0, 0.1) is 5.92 Å². The van der Waals surface area contributed by atoms with E-state index < -0.39 is 0 Å². The van der Waals surface area contributed by atoms with E-state index in [4.69, 9.17) is 0 Å². The van der Waals surface area contributed by atoms with Crippen LogP contribution in [0.25, 0.3) is 0 Å². The predicted molar refractivity (Wildman–Crippen MR) is 82.7 cm³/mol. The summed E-state index contributed by atoms with van der Waals surface area (Å²) < 4.78 is 0. The van der Waals surface area contributed by atoms with Crippen molar-refractivity contribution in [1.29, 1.82) is 0 Å². The lowest BCUT2D eigenvalue weighted by molar-refractivity contribution is -0.127. The molecule has 6 heteroatoms. The summed E-state index contributed by atoms with van der Waals surface area (Å²) >= 11 is 2.03. The number of carbonyl (C=O) groups is 1. The van der Waals surface area contributed by atoms with Crippen LogP contribution in [0.3, 0.4) is 0 Å². The highest BCUT2D eigenvalue weighted by atomic mass is 32.2. The van der Waals surface area contributed by atoms with Gasteiger partial charge in [-0.1, -0.05) is 13.8 Å². The molecule has 1 amide bonds. The summed E-state index contributed by atoms with van der Waals surface area (Å²) in [4.78, 5) is 19.7. The van der Waals surface area contributed by atoms with Crippen molar-refractivity contribution in [2.24, 2.45) is 10.9 Å². The van der Waals surface area contributed by atoms with E-state index >= 15 is 0 Å². The lowest BCUT2D eigenvalue weighted by Crippen LogP contribution is -2.50. The second-order valence-corrected chi connectivity index (χ2v) is 6.64. The van der Waals surface area contributed by atoms with Gasteiger partial charge >= 0.3 is 0 Å². The summed E-state index contributed by atoms with van der Waals surface area (Å²) in [6, 6.07) is 0. The first kappa shape index (κ1) is 16.1. The van der Waals surface area contributed by atoms with E-state index in [0.717, 1.165) is 24.8 Å². The van der Waals surface area contributed by atoms with Crippen molar-refractivity contribution in [2.75, 3.05) is 46.5 Å². The molecule has 1 aliphatic heterocycles. The molecule has 0 spiro atoms. The highest BCUT2D eigenvalue weighted by Crippen LogP contribution is 2.24. The van der Waals surface area contributed by atoms with Crippen LogP contribution in [0.4, 0.5) is 0 Å². The monoisotopic (exact) mass is 286 g/mol. The lowest BCUT2D eigenvalue weighted by atomic mass is 10.1. The fourth-order valence-electron chi connectivity index (χ4n) is 1.92. The van der Waals surface area contributed by atoms with Crippen LogP contribution in [-0.4, -0.2) is 73.4 Å². The maximum Gasteiger partial charge on any atom is 0.241 e. The van der Waals surface area contributed by atoms with Crippen molar-refractivity contribution in [3.63, 3.8) is 0 Å². The largest absolute Gasteiger partial charge is 0.347 e. The fourth-order valence-corrected chi connectivity index (χ4v) is 3.21. The molecule has 0 saturated carbocycles. The number of aliphatic imine (C=N–C) groups is 1. The Morgan fingerprint density at radius 3 is 2.74 bits per heavy atom. The lowest BCUT2D eigenvalue weighted by Gasteiger charge is -2.36. The average molecular weight is 286 g/mol. The third kappa shape index (κ3) is 4.93. The normalized spacial score (nSPS) is 20.6. The first-order valence-corrected chi connectivity index (χ1v) is 7.78. The van der Waals surface area contributed by atoms with Crippen molar-refractivity contribution >= 4 is 23.6 Å². The number of amides is 1. The summed E-state index contributed by atoms with van der Waals surface area (Å²) in [5, 5.41) is 3.79. The molecule has 1 aliphatic rings. The molecule has 1 rings (SSSR count). The Morgan fingerprint density at radius 2 is 2.21 bits per heavy atom. The second kappa shape index (κ2) is 7.62. The van der Waals surface area contributed by atoms with E-state index in [1.165, 1.54) is 0 Å². The van der Waals surface area contributed by atoms with E-state index in [1.807, 2.05) is 11.8 Å². The highest BCUT2D eigenvalue weighted by Gasteiger charge is 2.25. The third-order valence-electron chi connectivity index (χ3n) is 3.24. The van der Waals surface area contributed by atoms with Crippen LogP contribution in [-0.2, 0) is 4.79 Å². The van der Waals surface area contributed by atoms with Gasteiger partial charge in [-0.2, -0.15) is 11.8 Å². The summed E-state index contributed by atoms with van der Waals surface area (Å²) in [7, 11) is 5.30. The van der Waals surface area contributed by atoms with Gasteiger partial charge in [-0.25, -0.2) is 0 Å². The molecule has 0 aliphatic carbocycles. The number of thioether (sulfide) groups is 1. The van der Waals surface area contributed by atoms with E-state index in [0.29, 0.717) is 17.7 Å². The third-order valence-corrected chi connectivity index (χ3v) is 4.78. The van der Waals surface area contributed by atoms with Gasteiger partial charge in [0, 0.05) is 45.2 Å². The van der Waals surface area contributed by atoms with Crippen molar-refractivity contribution in [2.45, 2.75) is 19.1 Å². The number of hydrogen-bond acceptors (Lipinski definition) is 3. The van der Waals surface area contributed by atoms with Gasteiger partial charge in [0.05, 0.1) is 6.54 Å². The van der Waals surface area contributed by atoms with Crippen LogP contribution >= 0.6 is 11.8 Å². The molecule has 1 unspecified atom stereocenters. The van der Waals surface area contributed by atoms with E-state index in [2.05, 4.69) is 29.1 Å². The SMILES string of the molecule is CN=C(NCC(=O)N(C)C)N1CCSC(C(C)C)C1. The number of likely N-dealkylation sites (N-methyl/N-ethyl adjacent to an activating group) is 1.